The lowest BCUT2D eigenvalue weighted by Crippen LogP contribution is -2.44. The molecule has 0 aliphatic carbocycles. The summed E-state index contributed by atoms with van der Waals surface area (Å²) in [7, 11) is 0. The highest BCUT2D eigenvalue weighted by Gasteiger charge is 2.28. The van der Waals surface area contributed by atoms with Gasteiger partial charge in [-0.2, -0.15) is 0 Å². The maximum absolute atomic E-state index is 5.44. The molecule has 19 heavy (non-hydrogen) atoms. The van der Waals surface area contributed by atoms with Gasteiger partial charge < -0.3 is 9.64 Å². The van der Waals surface area contributed by atoms with Gasteiger partial charge in [-0.15, -0.1) is 0 Å². The van der Waals surface area contributed by atoms with Gasteiger partial charge in [-0.3, -0.25) is 4.90 Å². The fraction of sp³-hybridized carbons (Fsp3) is 0.600. The van der Waals surface area contributed by atoms with E-state index >= 15 is 0 Å². The van der Waals surface area contributed by atoms with Crippen LogP contribution in [0.1, 0.15) is 12.0 Å². The topological polar surface area (TPSA) is 15.7 Å². The molecule has 0 bridgehead atoms. The molecule has 1 aromatic rings. The predicted octanol–water partition coefficient (Wildman–Crippen LogP) is 2.49. The molecule has 0 radical (unpaired) electrons. The highest BCUT2D eigenvalue weighted by Crippen LogP contribution is 2.24. The highest BCUT2D eigenvalue weighted by molar-refractivity contribution is 9.08. The van der Waals surface area contributed by atoms with Crippen molar-refractivity contribution >= 4 is 21.6 Å². The van der Waals surface area contributed by atoms with Crippen molar-refractivity contribution in [2.45, 2.75) is 17.8 Å². The smallest absolute Gasteiger partial charge is 0.0594 e. The van der Waals surface area contributed by atoms with E-state index in [0.717, 1.165) is 38.2 Å². The zero-order valence-corrected chi connectivity index (χ0v) is 12.8. The van der Waals surface area contributed by atoms with Crippen molar-refractivity contribution in [3.63, 3.8) is 0 Å². The summed E-state index contributed by atoms with van der Waals surface area (Å²) in [6.07, 6.45) is 1.28. The molecule has 1 atom stereocenters. The molecule has 3 nitrogen and oxygen atoms in total. The molecule has 2 aliphatic rings. The number of halogens is 1. The minimum atomic E-state index is 0.708. The molecule has 2 saturated heterocycles. The number of rotatable bonds is 3. The maximum Gasteiger partial charge on any atom is 0.0594 e. The number of ether oxygens (including phenoxy) is 1. The molecule has 4 heteroatoms. The number of morpholine rings is 1. The van der Waals surface area contributed by atoms with Crippen molar-refractivity contribution in [1.82, 2.24) is 4.90 Å². The summed E-state index contributed by atoms with van der Waals surface area (Å²) in [5.41, 5.74) is 2.70. The Morgan fingerprint density at radius 2 is 1.84 bits per heavy atom. The van der Waals surface area contributed by atoms with Crippen LogP contribution in [0.2, 0.25) is 0 Å². The van der Waals surface area contributed by atoms with Gasteiger partial charge in [0.1, 0.15) is 0 Å². The van der Waals surface area contributed by atoms with Gasteiger partial charge in [-0.25, -0.2) is 0 Å². The van der Waals surface area contributed by atoms with E-state index in [9.17, 15) is 0 Å². The molecule has 2 heterocycles. The van der Waals surface area contributed by atoms with Crippen molar-refractivity contribution in [2.75, 3.05) is 44.3 Å². The summed E-state index contributed by atoms with van der Waals surface area (Å²) < 4.78 is 5.44. The fourth-order valence-corrected chi connectivity index (χ4v) is 3.39. The van der Waals surface area contributed by atoms with Crippen LogP contribution in [0, 0.1) is 0 Å². The van der Waals surface area contributed by atoms with Gasteiger partial charge in [-0.1, -0.05) is 28.1 Å². The molecule has 2 aliphatic heterocycles. The first-order valence-electron chi connectivity index (χ1n) is 7.08. The Kier molecular flexibility index (Phi) is 4.41. The largest absolute Gasteiger partial charge is 0.379 e. The minimum absolute atomic E-state index is 0.708. The molecule has 1 aromatic carbocycles. The van der Waals surface area contributed by atoms with Crippen LogP contribution in [-0.2, 0) is 10.1 Å². The van der Waals surface area contributed by atoms with Crippen LogP contribution in [0.15, 0.2) is 24.3 Å². The molecule has 0 N–H and O–H groups in total. The van der Waals surface area contributed by atoms with E-state index in [0.29, 0.717) is 6.04 Å². The summed E-state index contributed by atoms with van der Waals surface area (Å²) in [6.45, 7) is 6.33. The van der Waals surface area contributed by atoms with E-state index in [-0.39, 0.29) is 0 Å². The van der Waals surface area contributed by atoms with Crippen LogP contribution in [0.25, 0.3) is 0 Å². The van der Waals surface area contributed by atoms with E-state index in [2.05, 4.69) is 50.0 Å². The number of benzene rings is 1. The number of hydrogen-bond acceptors (Lipinski definition) is 3. The molecular formula is C15H21BrN2O. The van der Waals surface area contributed by atoms with Crippen LogP contribution in [0.3, 0.4) is 0 Å². The number of anilines is 1. The van der Waals surface area contributed by atoms with Crippen molar-refractivity contribution in [2.24, 2.45) is 0 Å². The lowest BCUT2D eigenvalue weighted by atomic mass is 10.2. The van der Waals surface area contributed by atoms with E-state index in [4.69, 9.17) is 4.74 Å². The Labute approximate surface area is 123 Å². The Morgan fingerprint density at radius 3 is 2.53 bits per heavy atom. The van der Waals surface area contributed by atoms with Gasteiger partial charge in [0.15, 0.2) is 0 Å². The zero-order valence-electron chi connectivity index (χ0n) is 11.2. The monoisotopic (exact) mass is 324 g/mol. The molecule has 104 valence electrons. The number of alkyl halides is 1. The highest BCUT2D eigenvalue weighted by atomic mass is 79.9. The average molecular weight is 325 g/mol. The molecule has 1 unspecified atom stereocenters. The average Bonchev–Trinajstić information content (AvgIpc) is 2.98. The van der Waals surface area contributed by atoms with Crippen LogP contribution < -0.4 is 4.90 Å². The van der Waals surface area contributed by atoms with E-state index < -0.39 is 0 Å². The van der Waals surface area contributed by atoms with Gasteiger partial charge in [0, 0.05) is 43.2 Å². The van der Waals surface area contributed by atoms with Gasteiger partial charge in [-0.05, 0) is 24.1 Å². The van der Waals surface area contributed by atoms with E-state index in [1.807, 2.05) is 0 Å². The molecule has 0 amide bonds. The van der Waals surface area contributed by atoms with Gasteiger partial charge in [0.25, 0.3) is 0 Å². The maximum atomic E-state index is 5.44. The van der Waals surface area contributed by atoms with Crippen molar-refractivity contribution in [3.8, 4) is 0 Å². The second-order valence-corrected chi connectivity index (χ2v) is 5.90. The van der Waals surface area contributed by atoms with Crippen LogP contribution in [-0.4, -0.2) is 50.3 Å². The summed E-state index contributed by atoms with van der Waals surface area (Å²) in [6, 6.07) is 9.63. The first-order valence-corrected chi connectivity index (χ1v) is 8.20. The summed E-state index contributed by atoms with van der Waals surface area (Å²) in [5.74, 6) is 0. The minimum Gasteiger partial charge on any atom is -0.379 e. The summed E-state index contributed by atoms with van der Waals surface area (Å²) in [4.78, 5) is 5.11. The Hall–Kier alpha value is -0.580. The van der Waals surface area contributed by atoms with Crippen molar-refractivity contribution < 1.29 is 4.74 Å². The number of nitrogens with zero attached hydrogens (tertiary/aromatic N) is 2. The Balaban J connectivity index is 1.61. The number of hydrogen-bond donors (Lipinski definition) is 0. The fourth-order valence-electron chi connectivity index (χ4n) is 3.01. The second kappa shape index (κ2) is 6.25. The lowest BCUT2D eigenvalue weighted by Gasteiger charge is -2.32. The van der Waals surface area contributed by atoms with Crippen LogP contribution in [0.4, 0.5) is 5.69 Å². The van der Waals surface area contributed by atoms with Gasteiger partial charge >= 0.3 is 0 Å². The first kappa shape index (κ1) is 13.4. The Morgan fingerprint density at radius 1 is 1.11 bits per heavy atom. The third-order valence-electron chi connectivity index (χ3n) is 4.18. The first-order chi connectivity index (χ1) is 9.36. The normalized spacial score (nSPS) is 24.9. The van der Waals surface area contributed by atoms with Crippen LogP contribution in [0.5, 0.6) is 0 Å². The van der Waals surface area contributed by atoms with Gasteiger partial charge in [0.2, 0.25) is 0 Å². The SMILES string of the molecule is BrCc1ccc(N2CCC(N3CCOCC3)C2)cc1. The Bertz CT molecular complexity index is 403. The third kappa shape index (κ3) is 3.12. The second-order valence-electron chi connectivity index (χ2n) is 5.34. The summed E-state index contributed by atoms with van der Waals surface area (Å²) >= 11 is 3.50. The lowest BCUT2D eigenvalue weighted by molar-refractivity contribution is 0.0209. The van der Waals surface area contributed by atoms with Crippen LogP contribution >= 0.6 is 15.9 Å². The van der Waals surface area contributed by atoms with Gasteiger partial charge in [0.05, 0.1) is 13.2 Å². The van der Waals surface area contributed by atoms with E-state index in [1.165, 1.54) is 24.2 Å². The molecule has 0 aromatic heterocycles. The molecule has 2 fully saturated rings. The zero-order chi connectivity index (χ0) is 13.1. The predicted molar refractivity (Wildman–Crippen MR) is 82.1 cm³/mol. The van der Waals surface area contributed by atoms with Crippen molar-refractivity contribution in [1.29, 1.82) is 0 Å². The molecular weight excluding hydrogens is 304 g/mol. The third-order valence-corrected chi connectivity index (χ3v) is 4.83. The quantitative estimate of drug-likeness (QED) is 0.794. The molecule has 0 saturated carbocycles. The molecule has 3 rings (SSSR count). The van der Waals surface area contributed by atoms with E-state index in [1.54, 1.807) is 0 Å². The standard InChI is InChI=1S/C15H21BrN2O/c16-11-13-1-3-14(4-2-13)18-6-5-15(12-18)17-7-9-19-10-8-17/h1-4,15H,5-12H2. The van der Waals surface area contributed by atoms with Crippen molar-refractivity contribution in [3.05, 3.63) is 29.8 Å². The summed E-state index contributed by atoms with van der Waals surface area (Å²) in [5, 5.41) is 0.934. The molecule has 0 spiro atoms.